The van der Waals surface area contributed by atoms with Crippen molar-refractivity contribution in [2.75, 3.05) is 6.61 Å². The fourth-order valence-electron chi connectivity index (χ4n) is 3.72. The van der Waals surface area contributed by atoms with Crippen molar-refractivity contribution < 1.29 is 14.3 Å². The SMILES string of the molecule is O=C(N[C@@H]1C=C[C@H](CO)C1)C1(c2ccc(F)cc2)CCCC1. The van der Waals surface area contributed by atoms with Gasteiger partial charge in [0.1, 0.15) is 5.82 Å². The topological polar surface area (TPSA) is 49.3 Å². The molecule has 0 saturated heterocycles. The summed E-state index contributed by atoms with van der Waals surface area (Å²) < 4.78 is 13.2. The maximum atomic E-state index is 13.2. The number of halogens is 1. The van der Waals surface area contributed by atoms with Gasteiger partial charge in [-0.3, -0.25) is 4.79 Å². The van der Waals surface area contributed by atoms with Gasteiger partial charge in [-0.2, -0.15) is 0 Å². The van der Waals surface area contributed by atoms with Crippen LogP contribution in [0.15, 0.2) is 36.4 Å². The van der Waals surface area contributed by atoms with Crippen LogP contribution >= 0.6 is 0 Å². The maximum Gasteiger partial charge on any atom is 0.231 e. The minimum Gasteiger partial charge on any atom is -0.396 e. The van der Waals surface area contributed by atoms with Gasteiger partial charge in [0, 0.05) is 18.6 Å². The number of carbonyl (C=O) groups is 1. The molecule has 1 aromatic carbocycles. The van der Waals surface area contributed by atoms with Crippen LogP contribution in [0.2, 0.25) is 0 Å². The summed E-state index contributed by atoms with van der Waals surface area (Å²) >= 11 is 0. The molecule has 2 N–H and O–H groups in total. The molecule has 0 bridgehead atoms. The Balaban J connectivity index is 1.77. The standard InChI is InChI=1S/C18H22FNO2/c19-15-6-4-14(5-7-15)18(9-1-2-10-18)17(22)20-16-8-3-13(11-16)12-21/h3-8,13,16,21H,1-2,9-12H2,(H,20,22)/t13-,16+/m0/s1. The molecule has 1 aromatic rings. The summed E-state index contributed by atoms with van der Waals surface area (Å²) in [5.74, 6) is -0.109. The van der Waals surface area contributed by atoms with Crippen LogP contribution in [0, 0.1) is 11.7 Å². The second-order valence-corrected chi connectivity index (χ2v) is 6.44. The molecule has 0 heterocycles. The second-order valence-electron chi connectivity index (χ2n) is 6.44. The second kappa shape index (κ2) is 6.21. The van der Waals surface area contributed by atoms with E-state index in [0.29, 0.717) is 0 Å². The molecule has 0 unspecified atom stereocenters. The Morgan fingerprint density at radius 2 is 1.91 bits per heavy atom. The molecule has 0 spiro atoms. The van der Waals surface area contributed by atoms with Gasteiger partial charge >= 0.3 is 0 Å². The molecule has 4 heteroatoms. The van der Waals surface area contributed by atoms with E-state index in [2.05, 4.69) is 5.32 Å². The van der Waals surface area contributed by atoms with Crippen molar-refractivity contribution in [3.05, 3.63) is 47.8 Å². The number of carbonyl (C=O) groups excluding carboxylic acids is 1. The van der Waals surface area contributed by atoms with Crippen molar-refractivity contribution in [1.29, 1.82) is 0 Å². The Morgan fingerprint density at radius 1 is 1.23 bits per heavy atom. The highest BCUT2D eigenvalue weighted by Crippen LogP contribution is 2.41. The minimum atomic E-state index is -0.529. The summed E-state index contributed by atoms with van der Waals surface area (Å²) in [4.78, 5) is 12.9. The normalized spacial score (nSPS) is 26.3. The quantitative estimate of drug-likeness (QED) is 0.840. The molecular weight excluding hydrogens is 281 g/mol. The lowest BCUT2D eigenvalue weighted by Crippen LogP contribution is -2.46. The molecule has 3 nitrogen and oxygen atoms in total. The molecule has 2 aliphatic rings. The third-order valence-electron chi connectivity index (χ3n) is 5.01. The van der Waals surface area contributed by atoms with Gasteiger partial charge in [0.05, 0.1) is 5.41 Å². The number of hydrogen-bond acceptors (Lipinski definition) is 2. The summed E-state index contributed by atoms with van der Waals surface area (Å²) in [6, 6.07) is 6.32. The van der Waals surface area contributed by atoms with Crippen molar-refractivity contribution in [3.63, 3.8) is 0 Å². The molecule has 0 radical (unpaired) electrons. The van der Waals surface area contributed by atoms with Crippen LogP contribution in [0.25, 0.3) is 0 Å². The maximum absolute atomic E-state index is 13.2. The van der Waals surface area contributed by atoms with Gasteiger partial charge in [0.25, 0.3) is 0 Å². The van der Waals surface area contributed by atoms with Crippen LogP contribution in [0.5, 0.6) is 0 Å². The fraction of sp³-hybridized carbons (Fsp3) is 0.500. The van der Waals surface area contributed by atoms with E-state index in [9.17, 15) is 14.3 Å². The lowest BCUT2D eigenvalue weighted by atomic mass is 9.77. The predicted molar refractivity (Wildman–Crippen MR) is 82.8 cm³/mol. The zero-order chi connectivity index (χ0) is 15.6. The number of rotatable bonds is 4. The summed E-state index contributed by atoms with van der Waals surface area (Å²) in [7, 11) is 0. The van der Waals surface area contributed by atoms with E-state index in [-0.39, 0.29) is 30.3 Å². The van der Waals surface area contributed by atoms with Gasteiger partial charge in [0.2, 0.25) is 5.91 Å². The molecule has 22 heavy (non-hydrogen) atoms. The van der Waals surface area contributed by atoms with E-state index in [0.717, 1.165) is 37.7 Å². The number of hydrogen-bond donors (Lipinski definition) is 2. The molecule has 3 rings (SSSR count). The number of aliphatic hydroxyl groups excluding tert-OH is 1. The van der Waals surface area contributed by atoms with Gasteiger partial charge in [-0.25, -0.2) is 4.39 Å². The lowest BCUT2D eigenvalue weighted by molar-refractivity contribution is -0.127. The lowest BCUT2D eigenvalue weighted by Gasteiger charge is -2.30. The van der Waals surface area contributed by atoms with E-state index in [1.807, 2.05) is 12.2 Å². The van der Waals surface area contributed by atoms with Crippen LogP contribution in [0.3, 0.4) is 0 Å². The van der Waals surface area contributed by atoms with Crippen LogP contribution in [-0.4, -0.2) is 23.7 Å². The van der Waals surface area contributed by atoms with Gasteiger partial charge < -0.3 is 10.4 Å². The van der Waals surface area contributed by atoms with Crippen molar-refractivity contribution in [2.24, 2.45) is 5.92 Å². The molecule has 1 amide bonds. The summed E-state index contributed by atoms with van der Waals surface area (Å²) in [5, 5.41) is 12.3. The number of benzene rings is 1. The van der Waals surface area contributed by atoms with Gasteiger partial charge in [-0.1, -0.05) is 37.1 Å². The van der Waals surface area contributed by atoms with E-state index in [1.54, 1.807) is 12.1 Å². The Hall–Kier alpha value is -1.68. The van der Waals surface area contributed by atoms with Crippen LogP contribution in [0.1, 0.15) is 37.7 Å². The van der Waals surface area contributed by atoms with Crippen LogP contribution in [0.4, 0.5) is 4.39 Å². The largest absolute Gasteiger partial charge is 0.396 e. The van der Waals surface area contributed by atoms with Crippen LogP contribution in [-0.2, 0) is 10.2 Å². The monoisotopic (exact) mass is 303 g/mol. The summed E-state index contributed by atoms with van der Waals surface area (Å²) in [6.45, 7) is 0.117. The Kier molecular flexibility index (Phi) is 4.30. The van der Waals surface area contributed by atoms with E-state index in [4.69, 9.17) is 0 Å². The summed E-state index contributed by atoms with van der Waals surface area (Å²) in [5.41, 5.74) is 0.378. The van der Waals surface area contributed by atoms with Crippen LogP contribution < -0.4 is 5.32 Å². The molecule has 1 saturated carbocycles. The highest BCUT2D eigenvalue weighted by Gasteiger charge is 2.43. The Labute approximate surface area is 130 Å². The molecule has 0 aromatic heterocycles. The van der Waals surface area contributed by atoms with E-state index < -0.39 is 5.41 Å². The predicted octanol–water partition coefficient (Wildman–Crippen LogP) is 2.69. The highest BCUT2D eigenvalue weighted by molar-refractivity contribution is 5.89. The van der Waals surface area contributed by atoms with Gasteiger partial charge in [0.15, 0.2) is 0 Å². The Bertz CT molecular complexity index is 561. The van der Waals surface area contributed by atoms with Gasteiger partial charge in [-0.15, -0.1) is 0 Å². The molecule has 0 aliphatic heterocycles. The molecule has 1 fully saturated rings. The minimum absolute atomic E-state index is 0.0115. The first-order chi connectivity index (χ1) is 10.6. The average molecular weight is 303 g/mol. The van der Waals surface area contributed by atoms with Crippen molar-refractivity contribution in [2.45, 2.75) is 43.6 Å². The first-order valence-corrected chi connectivity index (χ1v) is 8.00. The molecular formula is C18H22FNO2. The first kappa shape index (κ1) is 15.2. The first-order valence-electron chi connectivity index (χ1n) is 8.00. The van der Waals surface area contributed by atoms with Crippen molar-refractivity contribution >= 4 is 5.91 Å². The zero-order valence-corrected chi connectivity index (χ0v) is 12.6. The molecule has 2 atom stereocenters. The zero-order valence-electron chi connectivity index (χ0n) is 12.6. The number of aliphatic hydroxyl groups is 1. The highest BCUT2D eigenvalue weighted by atomic mass is 19.1. The molecule has 2 aliphatic carbocycles. The third-order valence-corrected chi connectivity index (χ3v) is 5.01. The number of amides is 1. The average Bonchev–Trinajstić information content (AvgIpc) is 3.17. The summed E-state index contributed by atoms with van der Waals surface area (Å²) in [6.07, 6.45) is 8.34. The third kappa shape index (κ3) is 2.80. The fourth-order valence-corrected chi connectivity index (χ4v) is 3.72. The Morgan fingerprint density at radius 3 is 2.50 bits per heavy atom. The van der Waals surface area contributed by atoms with E-state index in [1.165, 1.54) is 12.1 Å². The van der Waals surface area contributed by atoms with Crippen molar-refractivity contribution in [3.8, 4) is 0 Å². The van der Waals surface area contributed by atoms with Crippen molar-refractivity contribution in [1.82, 2.24) is 5.32 Å². The van der Waals surface area contributed by atoms with E-state index >= 15 is 0 Å². The smallest absolute Gasteiger partial charge is 0.231 e. The number of nitrogens with one attached hydrogen (secondary N) is 1. The molecule has 118 valence electrons. The van der Waals surface area contributed by atoms with Gasteiger partial charge in [-0.05, 0) is 37.0 Å².